The van der Waals surface area contributed by atoms with Gasteiger partial charge in [-0.1, -0.05) is 53.5 Å². The average molecular weight is 839 g/mol. The summed E-state index contributed by atoms with van der Waals surface area (Å²) in [6.45, 7) is 2.61. The van der Waals surface area contributed by atoms with Gasteiger partial charge in [-0.05, 0) is 73.8 Å². The van der Waals surface area contributed by atoms with E-state index in [1.165, 1.54) is 44.8 Å². The number of esters is 2. The normalized spacial score (nSPS) is 18.3. The number of rotatable bonds is 12. The minimum Gasteiger partial charge on any atom is -0.619 e. The number of carbonyl (C=O) groups is 3. The molecule has 0 aliphatic carbocycles. The van der Waals surface area contributed by atoms with Gasteiger partial charge < -0.3 is 34.6 Å². The number of carboxylic acid groups (broad SMARTS) is 1. The lowest BCUT2D eigenvalue weighted by atomic mass is 9.86. The Morgan fingerprint density at radius 1 is 0.965 bits per heavy atom. The van der Waals surface area contributed by atoms with Crippen molar-refractivity contribution in [3.63, 3.8) is 0 Å². The molecule has 3 aromatic carbocycles. The zero-order valence-corrected chi connectivity index (χ0v) is 31.9. The van der Waals surface area contributed by atoms with Crippen molar-refractivity contribution in [3.05, 3.63) is 122 Å². The summed E-state index contributed by atoms with van der Waals surface area (Å²) in [5, 5.41) is 22.3. The topological polar surface area (TPSA) is 151 Å². The SMILES string of the molecule is COc1ccc([C@H](Cc2c(Cl)c[n+]([O-])cc2Cl)OC(=O)c2cccc(NC(C(=O)O[C@H]3CN4CCC3CC4)c3ccccc3F)c2)cc1OC.O=C(O)C(F)(F)F. The van der Waals surface area contributed by atoms with Crippen LogP contribution in [0.25, 0.3) is 0 Å². The lowest BCUT2D eigenvalue weighted by molar-refractivity contribution is -0.605. The fraction of sp³-hybridized carbons (Fsp3) is 0.333. The Morgan fingerprint density at radius 3 is 2.19 bits per heavy atom. The Kier molecular flexibility index (Phi) is 14.1. The minimum absolute atomic E-state index is 0.0262. The van der Waals surface area contributed by atoms with Crippen LogP contribution in [0.5, 0.6) is 11.5 Å². The maximum absolute atomic E-state index is 15.1. The van der Waals surface area contributed by atoms with Crippen molar-refractivity contribution in [2.24, 2.45) is 5.92 Å². The third-order valence-electron chi connectivity index (χ3n) is 9.44. The van der Waals surface area contributed by atoms with E-state index in [9.17, 15) is 28.0 Å². The number of alkyl halides is 3. The molecule has 0 radical (unpaired) electrons. The summed E-state index contributed by atoms with van der Waals surface area (Å²) in [5.74, 6) is -3.48. The van der Waals surface area contributed by atoms with Crippen molar-refractivity contribution in [2.75, 3.05) is 39.2 Å². The Balaban J connectivity index is 0.000000811. The van der Waals surface area contributed by atoms with E-state index in [-0.39, 0.29) is 39.6 Å². The maximum Gasteiger partial charge on any atom is 0.490 e. The van der Waals surface area contributed by atoms with Crippen molar-refractivity contribution in [1.29, 1.82) is 0 Å². The van der Waals surface area contributed by atoms with Gasteiger partial charge in [-0.25, -0.2) is 18.8 Å². The predicted octanol–water partition coefficient (Wildman–Crippen LogP) is 7.35. The highest BCUT2D eigenvalue weighted by atomic mass is 35.5. The number of nitrogens with one attached hydrogen (secondary N) is 1. The lowest BCUT2D eigenvalue weighted by Gasteiger charge is -2.44. The Morgan fingerprint density at radius 2 is 1.61 bits per heavy atom. The van der Waals surface area contributed by atoms with Crippen molar-refractivity contribution in [2.45, 2.75) is 43.7 Å². The molecule has 0 spiro atoms. The van der Waals surface area contributed by atoms with Gasteiger partial charge in [0, 0.05) is 29.8 Å². The number of piperidine rings is 3. The third kappa shape index (κ3) is 11.0. The summed E-state index contributed by atoms with van der Waals surface area (Å²) in [6.07, 6.45) is -2.03. The van der Waals surface area contributed by atoms with E-state index in [1.807, 2.05) is 0 Å². The fourth-order valence-electron chi connectivity index (χ4n) is 6.53. The van der Waals surface area contributed by atoms with E-state index in [0.717, 1.165) is 25.9 Å². The average Bonchev–Trinajstić information content (AvgIpc) is 3.18. The molecule has 7 rings (SSSR count). The van der Waals surface area contributed by atoms with E-state index < -0.39 is 42.0 Å². The number of benzene rings is 3. The van der Waals surface area contributed by atoms with E-state index >= 15 is 4.39 Å². The zero-order valence-electron chi connectivity index (χ0n) is 30.4. The Bertz CT molecular complexity index is 2060. The van der Waals surface area contributed by atoms with Crippen LogP contribution in [0.1, 0.15) is 52.0 Å². The third-order valence-corrected chi connectivity index (χ3v) is 10.1. The Hall–Kier alpha value is -5.32. The fourth-order valence-corrected chi connectivity index (χ4v) is 7.12. The molecule has 18 heteroatoms. The monoisotopic (exact) mass is 837 g/mol. The van der Waals surface area contributed by atoms with Crippen LogP contribution in [-0.2, 0) is 25.5 Å². The number of halogens is 6. The number of carboxylic acids is 1. The number of pyridine rings is 1. The van der Waals surface area contributed by atoms with Gasteiger partial charge in [0.15, 0.2) is 29.9 Å². The highest BCUT2D eigenvalue weighted by Gasteiger charge is 2.39. The number of ether oxygens (including phenoxy) is 4. The second-order valence-electron chi connectivity index (χ2n) is 13.1. The van der Waals surface area contributed by atoms with Gasteiger partial charge in [-0.3, -0.25) is 4.90 Å². The van der Waals surface area contributed by atoms with Crippen LogP contribution in [0.3, 0.4) is 0 Å². The molecule has 0 amide bonds. The van der Waals surface area contributed by atoms with Gasteiger partial charge in [-0.15, -0.1) is 0 Å². The first-order valence-corrected chi connectivity index (χ1v) is 18.2. The summed E-state index contributed by atoms with van der Waals surface area (Å²) in [7, 11) is 2.99. The molecular weight excluding hydrogens is 801 g/mol. The molecule has 3 aliphatic rings. The number of anilines is 1. The molecule has 1 aromatic heterocycles. The highest BCUT2D eigenvalue weighted by molar-refractivity contribution is 6.35. The standard InChI is InChI=1S/C37H36Cl2FN3O7.C2HF3O2/c1-47-31-11-10-23(17-33(31)48-2)32(18-27-28(38)19-43(46)20-29(27)39)49-36(44)24-6-5-7-25(16-24)41-35(26-8-3-4-9-30(26)40)37(45)50-34-21-42-14-12-22(34)13-15-42;3-2(4,5)1(6)7/h3-11,16-17,19-20,22,32,34-35,41H,12-15,18,21H2,1-2H3;(H,6,7)/t32-,34-,35?;/m0./s1. The molecule has 3 saturated heterocycles. The van der Waals surface area contributed by atoms with Crippen LogP contribution in [0.15, 0.2) is 79.1 Å². The lowest BCUT2D eigenvalue weighted by Crippen LogP contribution is -2.52. The second kappa shape index (κ2) is 18.7. The number of fused-ring (bicyclic) bond motifs is 3. The smallest absolute Gasteiger partial charge is 0.490 e. The van der Waals surface area contributed by atoms with Gasteiger partial charge in [0.2, 0.25) is 0 Å². The first-order valence-electron chi connectivity index (χ1n) is 17.4. The van der Waals surface area contributed by atoms with Gasteiger partial charge >= 0.3 is 24.1 Å². The van der Waals surface area contributed by atoms with E-state index in [1.54, 1.807) is 48.5 Å². The van der Waals surface area contributed by atoms with Crippen LogP contribution < -0.4 is 19.5 Å². The largest absolute Gasteiger partial charge is 0.619 e. The molecule has 2 bridgehead atoms. The summed E-state index contributed by atoms with van der Waals surface area (Å²) in [6, 6.07) is 16.3. The highest BCUT2D eigenvalue weighted by Crippen LogP contribution is 2.36. The molecule has 4 heterocycles. The van der Waals surface area contributed by atoms with Crippen LogP contribution in [0.4, 0.5) is 23.2 Å². The summed E-state index contributed by atoms with van der Waals surface area (Å²) >= 11 is 12.8. The second-order valence-corrected chi connectivity index (χ2v) is 13.9. The molecule has 2 N–H and O–H groups in total. The molecule has 0 saturated carbocycles. The first kappa shape index (κ1) is 42.8. The molecule has 57 heavy (non-hydrogen) atoms. The van der Waals surface area contributed by atoms with Gasteiger partial charge in [-0.2, -0.15) is 17.9 Å². The zero-order chi connectivity index (χ0) is 41.4. The molecule has 12 nitrogen and oxygen atoms in total. The molecule has 3 atom stereocenters. The maximum atomic E-state index is 15.1. The number of hydrogen-bond acceptors (Lipinski definition) is 10. The number of aliphatic carboxylic acids is 1. The Labute approximate surface area is 334 Å². The molecule has 304 valence electrons. The van der Waals surface area contributed by atoms with Crippen LogP contribution >= 0.6 is 23.2 Å². The van der Waals surface area contributed by atoms with Crippen molar-refractivity contribution < 1.29 is 60.7 Å². The minimum atomic E-state index is -5.08. The van der Waals surface area contributed by atoms with Crippen LogP contribution in [-0.4, -0.2) is 74.0 Å². The van der Waals surface area contributed by atoms with Crippen molar-refractivity contribution >= 4 is 46.8 Å². The summed E-state index contributed by atoms with van der Waals surface area (Å²) in [5.41, 5.74) is 1.59. The van der Waals surface area contributed by atoms with Gasteiger partial charge in [0.05, 0.1) is 19.8 Å². The predicted molar refractivity (Wildman–Crippen MR) is 199 cm³/mol. The van der Waals surface area contributed by atoms with Gasteiger partial charge in [0.1, 0.15) is 28.1 Å². The molecule has 3 aliphatic heterocycles. The summed E-state index contributed by atoms with van der Waals surface area (Å²) in [4.78, 5) is 38.6. The van der Waals surface area contributed by atoms with Crippen LogP contribution in [0, 0.1) is 16.9 Å². The quantitative estimate of drug-likeness (QED) is 0.0639. The summed E-state index contributed by atoms with van der Waals surface area (Å²) < 4.78 is 70.2. The number of carbonyl (C=O) groups excluding carboxylic acids is 2. The molecular formula is C39H37Cl2F4N3O9. The number of methoxy groups -OCH3 is 2. The first-order chi connectivity index (χ1) is 27.1. The number of nitrogens with zero attached hydrogens (tertiary/aromatic N) is 2. The van der Waals surface area contributed by atoms with E-state index in [4.69, 9.17) is 52.1 Å². The molecule has 4 aromatic rings. The number of aromatic nitrogens is 1. The molecule has 1 unspecified atom stereocenters. The van der Waals surface area contributed by atoms with E-state index in [2.05, 4.69) is 10.2 Å². The molecule has 3 fully saturated rings. The van der Waals surface area contributed by atoms with E-state index in [0.29, 0.717) is 39.6 Å². The van der Waals surface area contributed by atoms with Gasteiger partial charge in [0.25, 0.3) is 0 Å². The van der Waals surface area contributed by atoms with Crippen molar-refractivity contribution in [3.8, 4) is 11.5 Å². The van der Waals surface area contributed by atoms with Crippen molar-refractivity contribution in [1.82, 2.24) is 4.90 Å². The number of hydrogen-bond donors (Lipinski definition) is 2. The van der Waals surface area contributed by atoms with Crippen LogP contribution in [0.2, 0.25) is 10.0 Å².